The van der Waals surface area contributed by atoms with Gasteiger partial charge in [-0.1, -0.05) is 29.3 Å². The molecular weight excluding hydrogens is 1050 g/mol. The number of ether oxygens (including phenoxy) is 6. The molecule has 0 saturated carbocycles. The van der Waals surface area contributed by atoms with Crippen molar-refractivity contribution < 1.29 is 66.4 Å². The molecule has 3 aliphatic rings. The van der Waals surface area contributed by atoms with E-state index in [1.165, 1.54) is 18.2 Å². The van der Waals surface area contributed by atoms with Gasteiger partial charge in [-0.2, -0.15) is 0 Å². The Balaban J connectivity index is 0.699. The molecule has 2 unspecified atom stereocenters. The zero-order valence-electron chi connectivity index (χ0n) is 42.7. The fraction of sp³-hybridized carbons (Fsp3) is 0.442. The molecule has 7 amide bonds. The first kappa shape index (κ1) is 57.8. The minimum absolute atomic E-state index is 0.00282. The third-order valence-electron chi connectivity index (χ3n) is 12.7. The summed E-state index contributed by atoms with van der Waals surface area (Å²) in [7, 11) is 0. The Kier molecular flexibility index (Phi) is 20.6. The summed E-state index contributed by atoms with van der Waals surface area (Å²) in [6, 6.07) is 13.4. The van der Waals surface area contributed by atoms with Crippen LogP contribution in [0.15, 0.2) is 60.7 Å². The highest BCUT2D eigenvalue weighted by Crippen LogP contribution is 2.36. The van der Waals surface area contributed by atoms with Crippen molar-refractivity contribution in [1.29, 1.82) is 0 Å². The molecule has 4 atom stereocenters. The molecule has 0 radical (unpaired) electrons. The minimum Gasteiger partial charge on any atom is -0.482 e. The summed E-state index contributed by atoms with van der Waals surface area (Å²) < 4.78 is 47.9. The summed E-state index contributed by atoms with van der Waals surface area (Å²) in [5.41, 5.74) is 7.63. The van der Waals surface area contributed by atoms with Gasteiger partial charge in [0.1, 0.15) is 18.0 Å². The van der Waals surface area contributed by atoms with E-state index in [0.717, 1.165) is 11.0 Å². The van der Waals surface area contributed by atoms with Gasteiger partial charge in [0.2, 0.25) is 17.7 Å². The second kappa shape index (κ2) is 27.5. The molecule has 2 saturated heterocycles. The van der Waals surface area contributed by atoms with E-state index in [4.69, 9.17) is 57.4 Å². The zero-order chi connectivity index (χ0) is 55.2. The number of anilines is 3. The number of piperidine rings is 1. The molecule has 25 heteroatoms. The number of benzene rings is 3. The molecule has 22 nitrogen and oxygen atoms in total. The van der Waals surface area contributed by atoms with Gasteiger partial charge in [-0.25, -0.2) is 4.39 Å². The number of hydrogen-bond acceptors (Lipinski definition) is 17. The van der Waals surface area contributed by atoms with Gasteiger partial charge in [-0.3, -0.25) is 43.8 Å². The van der Waals surface area contributed by atoms with Gasteiger partial charge in [0, 0.05) is 71.7 Å². The summed E-state index contributed by atoms with van der Waals surface area (Å²) in [6.07, 6.45) is -0.567. The van der Waals surface area contributed by atoms with Crippen LogP contribution in [0.1, 0.15) is 93.3 Å². The zero-order valence-corrected chi connectivity index (χ0v) is 44.2. The van der Waals surface area contributed by atoms with E-state index in [2.05, 4.69) is 26.1 Å². The van der Waals surface area contributed by atoms with Gasteiger partial charge < -0.3 is 54.6 Å². The lowest BCUT2D eigenvalue weighted by Crippen LogP contribution is -2.59. The number of carbonyl (C=O) groups is 7. The number of nitrogen functional groups attached to an aromatic ring is 1. The second-order valence-corrected chi connectivity index (χ2v) is 18.9. The van der Waals surface area contributed by atoms with Crippen molar-refractivity contribution in [1.82, 2.24) is 30.2 Å². The van der Waals surface area contributed by atoms with Gasteiger partial charge >= 0.3 is 0 Å². The number of nitrogens with one attached hydrogen (secondary N) is 3. The lowest BCUT2D eigenvalue weighted by atomic mass is 10.0. The van der Waals surface area contributed by atoms with Crippen LogP contribution in [-0.4, -0.2) is 170 Å². The number of carbonyl (C=O) groups excluding carboxylic acids is 7. The predicted octanol–water partition coefficient (Wildman–Crippen LogP) is 4.94. The molecule has 3 aliphatic heterocycles. The maximum Gasteiger partial charge on any atom is 0.276 e. The van der Waals surface area contributed by atoms with E-state index >= 15 is 0 Å². The molecule has 1 aromatic heterocycles. The third kappa shape index (κ3) is 14.8. The first-order valence-corrected chi connectivity index (χ1v) is 25.7. The molecule has 77 heavy (non-hydrogen) atoms. The maximum absolute atomic E-state index is 14.1. The van der Waals surface area contributed by atoms with Gasteiger partial charge in [-0.15, -0.1) is 10.2 Å². The summed E-state index contributed by atoms with van der Waals surface area (Å²) in [6.45, 7) is 9.60. The molecule has 0 aliphatic carbocycles. The van der Waals surface area contributed by atoms with Crippen LogP contribution in [0, 0.1) is 5.82 Å². The number of nitrogens with zero attached hydrogens (tertiary/aromatic N) is 5. The fourth-order valence-corrected chi connectivity index (χ4v) is 9.68. The van der Waals surface area contributed by atoms with E-state index in [1.807, 2.05) is 13.8 Å². The van der Waals surface area contributed by atoms with E-state index in [0.29, 0.717) is 96.0 Å². The van der Waals surface area contributed by atoms with E-state index in [9.17, 15) is 38.0 Å². The van der Waals surface area contributed by atoms with Crippen LogP contribution in [0.25, 0.3) is 0 Å². The van der Waals surface area contributed by atoms with Crippen molar-refractivity contribution in [2.75, 3.05) is 102 Å². The van der Waals surface area contributed by atoms with E-state index in [1.54, 1.807) is 53.1 Å². The Morgan fingerprint density at radius 1 is 0.818 bits per heavy atom. The number of fused-ring (bicyclic) bond motifs is 1. The molecule has 5 N–H and O–H groups in total. The molecule has 412 valence electrons. The van der Waals surface area contributed by atoms with Gasteiger partial charge in [0.15, 0.2) is 17.3 Å². The van der Waals surface area contributed by atoms with Crippen LogP contribution >= 0.6 is 23.2 Å². The number of halogens is 3. The first-order valence-electron chi connectivity index (χ1n) is 25.0. The first-order chi connectivity index (χ1) is 37.0. The second-order valence-electron chi connectivity index (χ2n) is 18.2. The number of nitrogens with two attached hydrogens (primary N) is 1. The van der Waals surface area contributed by atoms with Crippen molar-refractivity contribution >= 4 is 81.7 Å². The number of rotatable bonds is 26. The van der Waals surface area contributed by atoms with Crippen LogP contribution in [-0.2, 0) is 38.1 Å². The highest BCUT2D eigenvalue weighted by molar-refractivity contribution is 6.36. The highest BCUT2D eigenvalue weighted by Gasteiger charge is 2.45. The van der Waals surface area contributed by atoms with E-state index in [-0.39, 0.29) is 93.8 Å². The summed E-state index contributed by atoms with van der Waals surface area (Å²) in [5, 5.41) is 15.7. The number of amides is 7. The highest BCUT2D eigenvalue weighted by atomic mass is 35.5. The Labute approximate surface area is 453 Å². The minimum atomic E-state index is -1.04. The molecule has 2 fully saturated rings. The van der Waals surface area contributed by atoms with Crippen molar-refractivity contribution in [2.24, 2.45) is 0 Å². The molecule has 4 heterocycles. The molecule has 3 aromatic carbocycles. The lowest BCUT2D eigenvalue weighted by molar-refractivity contribution is -0.140. The van der Waals surface area contributed by atoms with Crippen LogP contribution in [0.2, 0.25) is 10.0 Å². The molecule has 4 aromatic rings. The number of aromatic nitrogens is 2. The fourth-order valence-electron chi connectivity index (χ4n) is 9.00. The SMILES string of the molecule is CC(Oc1cc(C(=O)Nc2ccc(C(=O)N3C[C@@H](C)N(C(=O)CCOCCOCCOCCOCCOCCNc4cccc5c4C(=O)N(C4CCC(=O)NC4=O)C5=O)[C@@H](C)C3)cc2)nnc1N)c1c(Cl)ccc(F)c1Cl. The number of piperazine rings is 1. The van der Waals surface area contributed by atoms with Crippen LogP contribution in [0.3, 0.4) is 0 Å². The standard InChI is InChI=1S/C52H60Cl2FN9O13/c1-30-28-62(50(69)33-7-9-34(10-8-33)58-48(67)39-27-41(47(56)61-60-39)77-32(3)44-36(53)11-12-37(55)46(44)54)29-31(2)63(30)43(66)15-17-72-19-21-74-23-25-76-26-24-75-22-20-73-18-16-57-38-6-4-5-35-45(38)52(71)64(51(35)70)40-13-14-42(65)59-49(40)68/h4-12,27,30-32,40,57H,13-26,28-29H2,1-3H3,(H2,56,61)(H,58,67)(H,59,65,68)/t30-,31+,32?,40?. The smallest absolute Gasteiger partial charge is 0.276 e. The average Bonchev–Trinajstić information content (AvgIpc) is 3.76. The Morgan fingerprint density at radius 2 is 1.44 bits per heavy atom. The lowest BCUT2D eigenvalue weighted by Gasteiger charge is -2.44. The molecule has 0 spiro atoms. The van der Waals surface area contributed by atoms with Crippen molar-refractivity contribution in [2.45, 2.75) is 64.3 Å². The number of hydrogen-bond donors (Lipinski definition) is 4. The quantitative estimate of drug-likeness (QED) is 0.0368. The topological polar surface area (TPSA) is 272 Å². The largest absolute Gasteiger partial charge is 0.482 e. The van der Waals surface area contributed by atoms with E-state index < -0.39 is 47.5 Å². The van der Waals surface area contributed by atoms with Crippen LogP contribution < -0.4 is 26.4 Å². The van der Waals surface area contributed by atoms with Crippen molar-refractivity contribution in [3.63, 3.8) is 0 Å². The van der Waals surface area contributed by atoms with Crippen molar-refractivity contribution in [3.8, 4) is 5.75 Å². The molecular formula is C52H60Cl2FN9O13. The van der Waals surface area contributed by atoms with Gasteiger partial charge in [-0.05, 0) is 75.7 Å². The van der Waals surface area contributed by atoms with Gasteiger partial charge in [0.05, 0.1) is 88.6 Å². The maximum atomic E-state index is 14.1. The average molecular weight is 1110 g/mol. The summed E-state index contributed by atoms with van der Waals surface area (Å²) >= 11 is 12.4. The monoisotopic (exact) mass is 1110 g/mol. The Morgan fingerprint density at radius 3 is 2.08 bits per heavy atom. The summed E-state index contributed by atoms with van der Waals surface area (Å²) in [5.74, 6) is -3.98. The molecule has 7 rings (SSSR count). The van der Waals surface area contributed by atoms with Crippen LogP contribution in [0.4, 0.5) is 21.6 Å². The predicted molar refractivity (Wildman–Crippen MR) is 278 cm³/mol. The van der Waals surface area contributed by atoms with Crippen molar-refractivity contribution in [3.05, 3.63) is 104 Å². The van der Waals surface area contributed by atoms with Gasteiger partial charge in [0.25, 0.3) is 23.6 Å². The normalized spacial score (nSPS) is 17.8. The Bertz CT molecular complexity index is 2800. The summed E-state index contributed by atoms with van der Waals surface area (Å²) in [4.78, 5) is 94.6. The number of imide groups is 2. The Hall–Kier alpha value is -6.86. The molecule has 0 bridgehead atoms. The third-order valence-corrected chi connectivity index (χ3v) is 13.4. The van der Waals surface area contributed by atoms with Crippen LogP contribution in [0.5, 0.6) is 5.75 Å².